The molecular weight excluding hydrogens is 238 g/mol. The third-order valence-corrected chi connectivity index (χ3v) is 3.37. The number of aromatic nitrogens is 1. The molecule has 92 valence electrons. The molecule has 2 aromatic carbocycles. The predicted molar refractivity (Wildman–Crippen MR) is 74.0 cm³/mol. The topological polar surface area (TPSA) is 39.2 Å². The van der Waals surface area contributed by atoms with E-state index in [1.807, 2.05) is 12.1 Å². The van der Waals surface area contributed by atoms with E-state index in [0.717, 1.165) is 33.1 Å². The van der Waals surface area contributed by atoms with Gasteiger partial charge in [0.1, 0.15) is 17.4 Å². The number of hydrogen-bond acceptors (Lipinski definition) is 3. The van der Waals surface area contributed by atoms with Crippen LogP contribution < -0.4 is 0 Å². The van der Waals surface area contributed by atoms with E-state index in [9.17, 15) is 0 Å². The second-order valence-corrected chi connectivity index (χ2v) is 4.60. The monoisotopic (exact) mass is 249 g/mol. The molecule has 0 aliphatic heterocycles. The Morgan fingerprint density at radius 3 is 2.84 bits per heavy atom. The first-order chi connectivity index (χ1) is 9.33. The quantitative estimate of drug-likeness (QED) is 0.496. The molecule has 0 saturated carbocycles. The van der Waals surface area contributed by atoms with Crippen LogP contribution in [0.25, 0.3) is 33.4 Å². The van der Waals surface area contributed by atoms with Gasteiger partial charge in [-0.25, -0.2) is 4.98 Å². The third-order valence-electron chi connectivity index (χ3n) is 3.37. The molecular formula is C16H11NO2. The number of benzene rings is 2. The summed E-state index contributed by atoms with van der Waals surface area (Å²) in [4.78, 5) is 4.16. The van der Waals surface area contributed by atoms with Gasteiger partial charge in [0.15, 0.2) is 0 Å². The minimum atomic E-state index is 0.610. The van der Waals surface area contributed by atoms with Crippen LogP contribution in [0.2, 0.25) is 0 Å². The Hall–Kier alpha value is -2.55. The molecule has 0 aliphatic rings. The highest BCUT2D eigenvalue weighted by molar-refractivity contribution is 6.06. The van der Waals surface area contributed by atoms with E-state index in [4.69, 9.17) is 8.83 Å². The minimum Gasteiger partial charge on any atom is -0.456 e. The molecule has 0 radical (unpaired) electrons. The molecule has 0 saturated heterocycles. The summed E-state index contributed by atoms with van der Waals surface area (Å²) in [6.45, 7) is 2.06. The zero-order valence-electron chi connectivity index (χ0n) is 10.4. The van der Waals surface area contributed by atoms with Gasteiger partial charge in [-0.15, -0.1) is 0 Å². The van der Waals surface area contributed by atoms with Gasteiger partial charge >= 0.3 is 0 Å². The Balaban J connectivity index is 2.05. The maximum absolute atomic E-state index is 5.95. The second-order valence-electron chi connectivity index (χ2n) is 4.60. The highest BCUT2D eigenvalue weighted by Gasteiger charge is 2.10. The van der Waals surface area contributed by atoms with E-state index in [1.54, 1.807) is 12.5 Å². The summed E-state index contributed by atoms with van der Waals surface area (Å²) in [5.41, 5.74) is 3.88. The lowest BCUT2D eigenvalue weighted by Crippen LogP contribution is -1.76. The fourth-order valence-corrected chi connectivity index (χ4v) is 2.44. The van der Waals surface area contributed by atoms with Gasteiger partial charge in [-0.05, 0) is 30.7 Å². The largest absolute Gasteiger partial charge is 0.456 e. The summed E-state index contributed by atoms with van der Waals surface area (Å²) >= 11 is 0. The van der Waals surface area contributed by atoms with E-state index in [1.165, 1.54) is 0 Å². The highest BCUT2D eigenvalue weighted by atomic mass is 16.3. The Morgan fingerprint density at radius 1 is 1.05 bits per heavy atom. The van der Waals surface area contributed by atoms with Crippen molar-refractivity contribution in [1.82, 2.24) is 4.98 Å². The number of furan rings is 1. The van der Waals surface area contributed by atoms with Gasteiger partial charge in [-0.1, -0.05) is 18.2 Å². The average Bonchev–Trinajstić information content (AvgIpc) is 3.06. The van der Waals surface area contributed by atoms with Crippen molar-refractivity contribution >= 4 is 21.9 Å². The van der Waals surface area contributed by atoms with Crippen molar-refractivity contribution in [3.05, 3.63) is 54.4 Å². The maximum Gasteiger partial charge on any atom is 0.225 e. The number of hydrogen-bond donors (Lipinski definition) is 0. The van der Waals surface area contributed by atoms with Crippen LogP contribution in [0.3, 0.4) is 0 Å². The van der Waals surface area contributed by atoms with E-state index in [-0.39, 0.29) is 0 Å². The Bertz CT molecular complexity index is 872. The summed E-state index contributed by atoms with van der Waals surface area (Å²) in [5, 5.41) is 2.27. The molecule has 2 heterocycles. The number of fused-ring (bicyclic) bond motifs is 3. The summed E-state index contributed by atoms with van der Waals surface area (Å²) in [7, 11) is 0. The lowest BCUT2D eigenvalue weighted by Gasteiger charge is -1.94. The van der Waals surface area contributed by atoms with Gasteiger partial charge in [-0.2, -0.15) is 0 Å². The fraction of sp³-hybridized carbons (Fsp3) is 0.0625. The zero-order chi connectivity index (χ0) is 12.8. The van der Waals surface area contributed by atoms with Gasteiger partial charge in [0.25, 0.3) is 0 Å². The molecule has 0 amide bonds. The van der Waals surface area contributed by atoms with Crippen LogP contribution in [0.15, 0.2) is 57.7 Å². The van der Waals surface area contributed by atoms with Crippen molar-refractivity contribution in [2.75, 3.05) is 0 Å². The molecule has 3 nitrogen and oxygen atoms in total. The molecule has 0 bridgehead atoms. The van der Waals surface area contributed by atoms with Crippen molar-refractivity contribution < 1.29 is 8.83 Å². The average molecular weight is 249 g/mol. The number of nitrogens with zero attached hydrogens (tertiary/aromatic N) is 1. The van der Waals surface area contributed by atoms with Crippen LogP contribution in [0.1, 0.15) is 5.56 Å². The summed E-state index contributed by atoms with van der Waals surface area (Å²) in [6, 6.07) is 12.2. The van der Waals surface area contributed by atoms with Crippen molar-refractivity contribution in [3.63, 3.8) is 0 Å². The van der Waals surface area contributed by atoms with Gasteiger partial charge in [0.05, 0.1) is 6.20 Å². The number of oxazole rings is 1. The van der Waals surface area contributed by atoms with Gasteiger partial charge in [-0.3, -0.25) is 0 Å². The molecule has 0 unspecified atom stereocenters. The molecule has 0 aliphatic carbocycles. The lowest BCUT2D eigenvalue weighted by molar-refractivity contribution is 0.574. The van der Waals surface area contributed by atoms with Crippen LogP contribution in [0, 0.1) is 6.92 Å². The molecule has 0 fully saturated rings. The van der Waals surface area contributed by atoms with E-state index < -0.39 is 0 Å². The molecule has 2 aromatic heterocycles. The Kier molecular flexibility index (Phi) is 2.03. The van der Waals surface area contributed by atoms with Gasteiger partial charge < -0.3 is 8.83 Å². The molecule has 4 rings (SSSR count). The second kappa shape index (κ2) is 3.72. The van der Waals surface area contributed by atoms with Crippen LogP contribution >= 0.6 is 0 Å². The molecule has 4 aromatic rings. The maximum atomic E-state index is 5.95. The van der Waals surface area contributed by atoms with Gasteiger partial charge in [0, 0.05) is 16.3 Å². The van der Waals surface area contributed by atoms with E-state index in [0.29, 0.717) is 5.89 Å². The van der Waals surface area contributed by atoms with Crippen LogP contribution in [-0.2, 0) is 0 Å². The molecule has 0 spiro atoms. The minimum absolute atomic E-state index is 0.610. The summed E-state index contributed by atoms with van der Waals surface area (Å²) in [6.07, 6.45) is 3.21. The van der Waals surface area contributed by atoms with Crippen LogP contribution in [0.4, 0.5) is 0 Å². The smallest absolute Gasteiger partial charge is 0.225 e. The number of rotatable bonds is 1. The normalized spacial score (nSPS) is 11.4. The Labute approximate surface area is 109 Å². The van der Waals surface area contributed by atoms with Crippen molar-refractivity contribution in [2.45, 2.75) is 6.92 Å². The standard InChI is InChI=1S/C16H11NO2/c1-10-3-2-4-13-12-6-5-11(16-17-7-8-18-16)9-14(12)19-15(10)13/h2-9H,1H3. The predicted octanol–water partition coefficient (Wildman–Crippen LogP) is 4.55. The molecule has 19 heavy (non-hydrogen) atoms. The SMILES string of the molecule is Cc1cccc2c1oc1cc(-c3ncco3)ccc12. The van der Waals surface area contributed by atoms with Crippen LogP contribution in [-0.4, -0.2) is 4.98 Å². The highest BCUT2D eigenvalue weighted by Crippen LogP contribution is 2.33. The first-order valence-electron chi connectivity index (χ1n) is 6.15. The molecule has 0 N–H and O–H groups in total. The first-order valence-corrected chi connectivity index (χ1v) is 6.15. The summed E-state index contributed by atoms with van der Waals surface area (Å²) < 4.78 is 11.3. The Morgan fingerprint density at radius 2 is 2.00 bits per heavy atom. The number of aryl methyl sites for hydroxylation is 1. The first kappa shape index (κ1) is 10.4. The van der Waals surface area contributed by atoms with Gasteiger partial charge in [0.2, 0.25) is 5.89 Å². The van der Waals surface area contributed by atoms with Crippen molar-refractivity contribution in [1.29, 1.82) is 0 Å². The number of para-hydroxylation sites is 1. The molecule has 0 atom stereocenters. The van der Waals surface area contributed by atoms with Crippen molar-refractivity contribution in [3.8, 4) is 11.5 Å². The fourth-order valence-electron chi connectivity index (χ4n) is 2.44. The van der Waals surface area contributed by atoms with Crippen molar-refractivity contribution in [2.24, 2.45) is 0 Å². The third kappa shape index (κ3) is 1.48. The molecule has 3 heteroatoms. The summed E-state index contributed by atoms with van der Waals surface area (Å²) in [5.74, 6) is 0.610. The lowest BCUT2D eigenvalue weighted by atomic mass is 10.1. The van der Waals surface area contributed by atoms with E-state index in [2.05, 4.69) is 36.2 Å². The van der Waals surface area contributed by atoms with E-state index >= 15 is 0 Å². The van der Waals surface area contributed by atoms with Crippen LogP contribution in [0.5, 0.6) is 0 Å². The zero-order valence-corrected chi connectivity index (χ0v) is 10.4.